The Labute approximate surface area is 130 Å². The van der Waals surface area contributed by atoms with E-state index in [0.29, 0.717) is 5.56 Å². The molecule has 4 rings (SSSR count). The maximum Gasteiger partial charge on any atom is 0.198 e. The van der Waals surface area contributed by atoms with Gasteiger partial charge in [-0.2, -0.15) is 5.10 Å². The molecule has 1 aromatic heterocycles. The normalized spacial score (nSPS) is 12.4. The summed E-state index contributed by atoms with van der Waals surface area (Å²) in [6, 6.07) is 15.6. The van der Waals surface area contributed by atoms with Crippen LogP contribution in [0.3, 0.4) is 0 Å². The van der Waals surface area contributed by atoms with Crippen molar-refractivity contribution < 1.29 is 4.79 Å². The van der Waals surface area contributed by atoms with Gasteiger partial charge in [-0.15, -0.1) is 0 Å². The molecule has 0 spiro atoms. The Bertz CT molecular complexity index is 878. The number of aryl methyl sites for hydroxylation is 1. The van der Waals surface area contributed by atoms with Crippen LogP contribution in [0.1, 0.15) is 15.9 Å². The number of hydrogen-bond acceptors (Lipinski definition) is 2. The Morgan fingerprint density at radius 2 is 1.67 bits per heavy atom. The number of ketones is 1. The maximum atomic E-state index is 12.7. The van der Waals surface area contributed by atoms with Crippen molar-refractivity contribution in [1.82, 2.24) is 9.78 Å². The standard InChI is InChI=1S/C17H11BrN2O/c1-20-16-12-4-2-3-5-13(12)17(21)14(16)15(19-20)10-6-8-11(18)9-7-10/h2-9H,1H3. The number of nitrogens with zero attached hydrogens (tertiary/aromatic N) is 2. The molecule has 1 heterocycles. The molecule has 21 heavy (non-hydrogen) atoms. The number of hydrogen-bond donors (Lipinski definition) is 0. The monoisotopic (exact) mass is 338 g/mol. The van der Waals surface area contributed by atoms with E-state index in [0.717, 1.165) is 32.6 Å². The van der Waals surface area contributed by atoms with E-state index in [9.17, 15) is 4.79 Å². The van der Waals surface area contributed by atoms with Gasteiger partial charge in [0.1, 0.15) is 5.69 Å². The zero-order chi connectivity index (χ0) is 14.6. The number of rotatable bonds is 1. The minimum Gasteiger partial charge on any atom is -0.288 e. The van der Waals surface area contributed by atoms with Crippen LogP contribution in [-0.4, -0.2) is 15.6 Å². The van der Waals surface area contributed by atoms with Crippen LogP contribution in [0.4, 0.5) is 0 Å². The highest BCUT2D eigenvalue weighted by Gasteiger charge is 2.33. The Balaban J connectivity index is 1.99. The first kappa shape index (κ1) is 12.5. The molecule has 4 heteroatoms. The number of halogens is 1. The molecule has 1 aliphatic rings. The molecule has 2 aromatic carbocycles. The Hall–Kier alpha value is -2.20. The molecule has 102 valence electrons. The molecule has 0 aliphatic heterocycles. The topological polar surface area (TPSA) is 34.9 Å². The third-order valence-electron chi connectivity index (χ3n) is 3.82. The Morgan fingerprint density at radius 1 is 1.00 bits per heavy atom. The van der Waals surface area contributed by atoms with E-state index >= 15 is 0 Å². The van der Waals surface area contributed by atoms with Crippen molar-refractivity contribution in [3.63, 3.8) is 0 Å². The largest absolute Gasteiger partial charge is 0.288 e. The molecule has 0 fully saturated rings. The van der Waals surface area contributed by atoms with Crippen molar-refractivity contribution in [2.75, 3.05) is 0 Å². The number of carbonyl (C=O) groups is 1. The van der Waals surface area contributed by atoms with Crippen LogP contribution in [0.5, 0.6) is 0 Å². The van der Waals surface area contributed by atoms with Gasteiger partial charge in [-0.25, -0.2) is 0 Å². The molecular weight excluding hydrogens is 328 g/mol. The molecule has 0 N–H and O–H groups in total. The number of fused-ring (bicyclic) bond motifs is 3. The van der Waals surface area contributed by atoms with Crippen molar-refractivity contribution in [1.29, 1.82) is 0 Å². The second-order valence-corrected chi connectivity index (χ2v) is 5.99. The van der Waals surface area contributed by atoms with Gasteiger partial charge in [0.05, 0.1) is 11.3 Å². The van der Waals surface area contributed by atoms with E-state index in [2.05, 4.69) is 21.0 Å². The van der Waals surface area contributed by atoms with Crippen LogP contribution in [-0.2, 0) is 7.05 Å². The summed E-state index contributed by atoms with van der Waals surface area (Å²) < 4.78 is 2.81. The van der Waals surface area contributed by atoms with E-state index < -0.39 is 0 Å². The lowest BCUT2D eigenvalue weighted by Gasteiger charge is -2.01. The van der Waals surface area contributed by atoms with Gasteiger partial charge >= 0.3 is 0 Å². The molecule has 3 aromatic rings. The number of benzene rings is 2. The number of carbonyl (C=O) groups excluding carboxylic acids is 1. The fraction of sp³-hybridized carbons (Fsp3) is 0.0588. The SMILES string of the molecule is Cn1nc(-c2ccc(Br)cc2)c2c1-c1ccccc1C2=O. The first-order valence-electron chi connectivity index (χ1n) is 6.64. The highest BCUT2D eigenvalue weighted by molar-refractivity contribution is 9.10. The summed E-state index contributed by atoms with van der Waals surface area (Å²) in [5.41, 5.74) is 5.06. The van der Waals surface area contributed by atoms with Gasteiger partial charge in [-0.05, 0) is 12.1 Å². The third-order valence-corrected chi connectivity index (χ3v) is 4.35. The van der Waals surface area contributed by atoms with Crippen LogP contribution < -0.4 is 0 Å². The molecule has 1 aliphatic carbocycles. The van der Waals surface area contributed by atoms with E-state index in [1.807, 2.05) is 55.6 Å². The Morgan fingerprint density at radius 3 is 2.38 bits per heavy atom. The quantitative estimate of drug-likeness (QED) is 0.524. The Kier molecular flexibility index (Phi) is 2.62. The molecule has 0 amide bonds. The minimum absolute atomic E-state index is 0.0617. The highest BCUT2D eigenvalue weighted by atomic mass is 79.9. The molecule has 0 atom stereocenters. The number of aromatic nitrogens is 2. The first-order valence-corrected chi connectivity index (χ1v) is 7.43. The minimum atomic E-state index is 0.0617. The van der Waals surface area contributed by atoms with E-state index in [4.69, 9.17) is 0 Å². The van der Waals surface area contributed by atoms with Crippen LogP contribution in [0.15, 0.2) is 53.0 Å². The predicted molar refractivity (Wildman–Crippen MR) is 85.2 cm³/mol. The van der Waals surface area contributed by atoms with Gasteiger partial charge in [-0.3, -0.25) is 9.48 Å². The van der Waals surface area contributed by atoms with Crippen molar-refractivity contribution in [2.24, 2.45) is 7.05 Å². The summed E-state index contributed by atoms with van der Waals surface area (Å²) in [5, 5.41) is 4.56. The molecular formula is C17H11BrN2O. The zero-order valence-corrected chi connectivity index (χ0v) is 12.9. The maximum absolute atomic E-state index is 12.7. The lowest BCUT2D eigenvalue weighted by atomic mass is 10.0. The van der Waals surface area contributed by atoms with Gasteiger partial charge in [0.2, 0.25) is 0 Å². The van der Waals surface area contributed by atoms with Gasteiger partial charge in [0.15, 0.2) is 5.78 Å². The van der Waals surface area contributed by atoms with Crippen molar-refractivity contribution >= 4 is 21.7 Å². The fourth-order valence-electron chi connectivity index (χ4n) is 2.88. The summed E-state index contributed by atoms with van der Waals surface area (Å²) in [4.78, 5) is 12.7. The first-order chi connectivity index (χ1) is 10.2. The van der Waals surface area contributed by atoms with Crippen LogP contribution in [0.25, 0.3) is 22.5 Å². The van der Waals surface area contributed by atoms with Crippen LogP contribution >= 0.6 is 15.9 Å². The fourth-order valence-corrected chi connectivity index (χ4v) is 3.14. The molecule has 0 saturated carbocycles. The van der Waals surface area contributed by atoms with Gasteiger partial charge < -0.3 is 0 Å². The van der Waals surface area contributed by atoms with E-state index in [1.54, 1.807) is 4.68 Å². The molecule has 0 unspecified atom stereocenters. The lowest BCUT2D eigenvalue weighted by Crippen LogP contribution is -1.98. The second kappa shape index (κ2) is 4.40. The predicted octanol–water partition coefficient (Wildman–Crippen LogP) is 4.06. The van der Waals surface area contributed by atoms with Gasteiger partial charge in [0, 0.05) is 28.2 Å². The zero-order valence-electron chi connectivity index (χ0n) is 11.3. The summed E-state index contributed by atoms with van der Waals surface area (Å²) >= 11 is 3.43. The summed E-state index contributed by atoms with van der Waals surface area (Å²) in [5.74, 6) is 0.0617. The van der Waals surface area contributed by atoms with E-state index in [-0.39, 0.29) is 5.78 Å². The summed E-state index contributed by atoms with van der Waals surface area (Å²) in [6.07, 6.45) is 0. The average molecular weight is 339 g/mol. The highest BCUT2D eigenvalue weighted by Crippen LogP contribution is 2.41. The van der Waals surface area contributed by atoms with Gasteiger partial charge in [0.25, 0.3) is 0 Å². The second-order valence-electron chi connectivity index (χ2n) is 5.08. The molecule has 3 nitrogen and oxygen atoms in total. The van der Waals surface area contributed by atoms with Crippen molar-refractivity contribution in [3.8, 4) is 22.5 Å². The molecule has 0 radical (unpaired) electrons. The average Bonchev–Trinajstić information content (AvgIpc) is 2.98. The smallest absolute Gasteiger partial charge is 0.198 e. The third kappa shape index (κ3) is 1.72. The lowest BCUT2D eigenvalue weighted by molar-refractivity contribution is 0.104. The summed E-state index contributed by atoms with van der Waals surface area (Å²) in [6.45, 7) is 0. The van der Waals surface area contributed by atoms with Crippen molar-refractivity contribution in [2.45, 2.75) is 0 Å². The van der Waals surface area contributed by atoms with Crippen molar-refractivity contribution in [3.05, 3.63) is 64.1 Å². The van der Waals surface area contributed by atoms with E-state index in [1.165, 1.54) is 0 Å². The van der Waals surface area contributed by atoms with Crippen LogP contribution in [0, 0.1) is 0 Å². The van der Waals surface area contributed by atoms with Gasteiger partial charge in [-0.1, -0.05) is 52.3 Å². The van der Waals surface area contributed by atoms with Crippen LogP contribution in [0.2, 0.25) is 0 Å². The molecule has 0 saturated heterocycles. The summed E-state index contributed by atoms with van der Waals surface area (Å²) in [7, 11) is 1.89. The molecule has 0 bridgehead atoms.